The fourth-order valence-corrected chi connectivity index (χ4v) is 2.14. The quantitative estimate of drug-likeness (QED) is 0.609. The Morgan fingerprint density at radius 3 is 2.61 bits per heavy atom. The van der Waals surface area contributed by atoms with Crippen LogP contribution in [0.1, 0.15) is 25.3 Å². The van der Waals surface area contributed by atoms with Crippen molar-refractivity contribution in [2.24, 2.45) is 5.92 Å². The number of carbonyl (C=O) groups is 1. The third-order valence-electron chi connectivity index (χ3n) is 3.29. The molecule has 0 aliphatic carbocycles. The SMILES string of the molecule is CC1CCN(Cc2ccc([N+](=O)[O-])cc2)C(=O)C1. The summed E-state index contributed by atoms with van der Waals surface area (Å²) >= 11 is 0. The largest absolute Gasteiger partial charge is 0.338 e. The van der Waals surface area contributed by atoms with Crippen LogP contribution in [0.5, 0.6) is 0 Å². The molecule has 1 aliphatic heterocycles. The summed E-state index contributed by atoms with van der Waals surface area (Å²) < 4.78 is 0. The minimum Gasteiger partial charge on any atom is -0.338 e. The van der Waals surface area contributed by atoms with Crippen molar-refractivity contribution in [3.8, 4) is 0 Å². The fourth-order valence-electron chi connectivity index (χ4n) is 2.14. The molecule has 2 rings (SSSR count). The summed E-state index contributed by atoms with van der Waals surface area (Å²) in [5.41, 5.74) is 1.01. The summed E-state index contributed by atoms with van der Waals surface area (Å²) in [6.45, 7) is 3.40. The van der Waals surface area contributed by atoms with Crippen molar-refractivity contribution < 1.29 is 9.72 Å². The molecule has 1 amide bonds. The van der Waals surface area contributed by atoms with E-state index in [1.54, 1.807) is 12.1 Å². The first-order chi connectivity index (χ1) is 8.56. The number of hydrogen-bond donors (Lipinski definition) is 0. The first kappa shape index (κ1) is 12.5. The molecule has 1 aliphatic rings. The highest BCUT2D eigenvalue weighted by Gasteiger charge is 2.22. The van der Waals surface area contributed by atoms with Gasteiger partial charge in [-0.05, 0) is 17.9 Å². The van der Waals surface area contributed by atoms with Crippen molar-refractivity contribution in [1.29, 1.82) is 0 Å². The summed E-state index contributed by atoms with van der Waals surface area (Å²) in [7, 11) is 0. The van der Waals surface area contributed by atoms with Gasteiger partial charge in [0.05, 0.1) is 4.92 Å². The van der Waals surface area contributed by atoms with Crippen LogP contribution in [-0.2, 0) is 11.3 Å². The average Bonchev–Trinajstić information content (AvgIpc) is 2.33. The van der Waals surface area contributed by atoms with E-state index in [2.05, 4.69) is 6.92 Å². The predicted octanol–water partition coefficient (Wildman–Crippen LogP) is 2.35. The van der Waals surface area contributed by atoms with Gasteiger partial charge in [-0.2, -0.15) is 0 Å². The van der Waals surface area contributed by atoms with Gasteiger partial charge in [-0.1, -0.05) is 19.1 Å². The number of nitro benzene ring substituents is 1. The molecule has 1 aromatic rings. The van der Waals surface area contributed by atoms with Crippen molar-refractivity contribution in [3.05, 3.63) is 39.9 Å². The smallest absolute Gasteiger partial charge is 0.269 e. The van der Waals surface area contributed by atoms with Gasteiger partial charge < -0.3 is 4.90 Å². The molecule has 18 heavy (non-hydrogen) atoms. The van der Waals surface area contributed by atoms with Crippen LogP contribution in [0.25, 0.3) is 0 Å². The maximum absolute atomic E-state index is 11.8. The Bertz CT molecular complexity index is 456. The van der Waals surface area contributed by atoms with E-state index in [-0.39, 0.29) is 11.6 Å². The number of piperidine rings is 1. The van der Waals surface area contributed by atoms with Gasteiger partial charge in [-0.15, -0.1) is 0 Å². The third kappa shape index (κ3) is 2.85. The van der Waals surface area contributed by atoms with Gasteiger partial charge in [0.15, 0.2) is 0 Å². The molecule has 1 saturated heterocycles. The molecule has 0 saturated carbocycles. The van der Waals surface area contributed by atoms with E-state index in [1.807, 2.05) is 4.90 Å². The molecule has 1 atom stereocenters. The zero-order valence-corrected chi connectivity index (χ0v) is 10.3. The first-order valence-electron chi connectivity index (χ1n) is 6.07. The molecule has 0 bridgehead atoms. The lowest BCUT2D eigenvalue weighted by molar-refractivity contribution is -0.384. The maximum Gasteiger partial charge on any atom is 0.269 e. The van der Waals surface area contributed by atoms with Gasteiger partial charge in [0.1, 0.15) is 0 Å². The number of non-ortho nitro benzene ring substituents is 1. The Hall–Kier alpha value is -1.91. The summed E-state index contributed by atoms with van der Waals surface area (Å²) in [5, 5.41) is 10.5. The number of rotatable bonds is 3. The molecule has 1 heterocycles. The maximum atomic E-state index is 11.8. The van der Waals surface area contributed by atoms with Gasteiger partial charge in [0.25, 0.3) is 5.69 Å². The van der Waals surface area contributed by atoms with Gasteiger partial charge in [-0.3, -0.25) is 14.9 Å². The zero-order valence-electron chi connectivity index (χ0n) is 10.3. The Morgan fingerprint density at radius 1 is 1.39 bits per heavy atom. The second-order valence-electron chi connectivity index (χ2n) is 4.84. The van der Waals surface area contributed by atoms with Crippen molar-refractivity contribution in [2.45, 2.75) is 26.3 Å². The van der Waals surface area contributed by atoms with Crippen LogP contribution in [0.15, 0.2) is 24.3 Å². The lowest BCUT2D eigenvalue weighted by Gasteiger charge is -2.30. The molecule has 0 aromatic heterocycles. The van der Waals surface area contributed by atoms with Crippen LogP contribution in [0.4, 0.5) is 5.69 Å². The minimum atomic E-state index is -0.419. The van der Waals surface area contributed by atoms with E-state index in [0.717, 1.165) is 18.5 Å². The van der Waals surface area contributed by atoms with Crippen molar-refractivity contribution in [3.63, 3.8) is 0 Å². The lowest BCUT2D eigenvalue weighted by atomic mass is 9.98. The van der Waals surface area contributed by atoms with Crippen LogP contribution >= 0.6 is 0 Å². The number of amides is 1. The standard InChI is InChI=1S/C13H16N2O3/c1-10-6-7-14(13(16)8-10)9-11-2-4-12(5-3-11)15(17)18/h2-5,10H,6-9H2,1H3. The van der Waals surface area contributed by atoms with Gasteiger partial charge in [0.2, 0.25) is 5.91 Å². The number of nitrogens with zero attached hydrogens (tertiary/aromatic N) is 2. The highest BCUT2D eigenvalue weighted by Crippen LogP contribution is 2.20. The number of benzene rings is 1. The van der Waals surface area contributed by atoms with Crippen LogP contribution < -0.4 is 0 Å². The van der Waals surface area contributed by atoms with Crippen molar-refractivity contribution >= 4 is 11.6 Å². The van der Waals surface area contributed by atoms with Crippen molar-refractivity contribution in [2.75, 3.05) is 6.54 Å². The van der Waals surface area contributed by atoms with E-state index in [0.29, 0.717) is 18.9 Å². The molecule has 0 spiro atoms. The van der Waals surface area contributed by atoms with Gasteiger partial charge >= 0.3 is 0 Å². The molecule has 1 aromatic carbocycles. The second-order valence-corrected chi connectivity index (χ2v) is 4.84. The van der Waals surface area contributed by atoms with Gasteiger partial charge in [-0.25, -0.2) is 0 Å². The molecule has 0 N–H and O–H groups in total. The van der Waals surface area contributed by atoms with E-state index < -0.39 is 4.92 Å². The number of hydrogen-bond acceptors (Lipinski definition) is 3. The molecule has 0 radical (unpaired) electrons. The highest BCUT2D eigenvalue weighted by molar-refractivity contribution is 5.77. The molecule has 5 heteroatoms. The fraction of sp³-hybridized carbons (Fsp3) is 0.462. The number of nitro groups is 1. The minimum absolute atomic E-state index is 0.0809. The normalized spacial score (nSPS) is 19.9. The second kappa shape index (κ2) is 5.16. The molecular formula is C13H16N2O3. The molecule has 96 valence electrons. The Balaban J connectivity index is 2.01. The topological polar surface area (TPSA) is 63.4 Å². The number of carbonyl (C=O) groups excluding carboxylic acids is 1. The lowest BCUT2D eigenvalue weighted by Crippen LogP contribution is -2.37. The highest BCUT2D eigenvalue weighted by atomic mass is 16.6. The van der Waals surface area contributed by atoms with E-state index in [9.17, 15) is 14.9 Å². The Kier molecular flexibility index (Phi) is 3.60. The van der Waals surface area contributed by atoms with Crippen LogP contribution in [0.3, 0.4) is 0 Å². The molecular weight excluding hydrogens is 232 g/mol. The summed E-state index contributed by atoms with van der Waals surface area (Å²) in [5.74, 6) is 0.637. The van der Waals surface area contributed by atoms with Gasteiger partial charge in [0, 0.05) is 31.6 Å². The van der Waals surface area contributed by atoms with Crippen LogP contribution in [0, 0.1) is 16.0 Å². The van der Waals surface area contributed by atoms with E-state index in [1.165, 1.54) is 12.1 Å². The van der Waals surface area contributed by atoms with Crippen LogP contribution in [-0.4, -0.2) is 22.3 Å². The third-order valence-corrected chi connectivity index (χ3v) is 3.29. The Labute approximate surface area is 106 Å². The molecule has 5 nitrogen and oxygen atoms in total. The number of likely N-dealkylation sites (tertiary alicyclic amines) is 1. The molecule has 1 unspecified atom stereocenters. The van der Waals surface area contributed by atoms with E-state index >= 15 is 0 Å². The first-order valence-corrected chi connectivity index (χ1v) is 6.07. The predicted molar refractivity (Wildman–Crippen MR) is 66.9 cm³/mol. The van der Waals surface area contributed by atoms with Crippen molar-refractivity contribution in [1.82, 2.24) is 4.90 Å². The Morgan fingerprint density at radius 2 is 2.06 bits per heavy atom. The summed E-state index contributed by atoms with van der Waals surface area (Å²) in [6.07, 6.45) is 1.63. The zero-order chi connectivity index (χ0) is 13.1. The summed E-state index contributed by atoms with van der Waals surface area (Å²) in [6, 6.07) is 6.38. The summed E-state index contributed by atoms with van der Waals surface area (Å²) in [4.78, 5) is 23.7. The molecule has 1 fully saturated rings. The monoisotopic (exact) mass is 248 g/mol. The van der Waals surface area contributed by atoms with Crippen LogP contribution in [0.2, 0.25) is 0 Å². The van der Waals surface area contributed by atoms with E-state index in [4.69, 9.17) is 0 Å². The average molecular weight is 248 g/mol.